The zero-order valence-electron chi connectivity index (χ0n) is 19.3. The van der Waals surface area contributed by atoms with Crippen LogP contribution in [0.25, 0.3) is 0 Å². The maximum Gasteiger partial charge on any atom is 0.313 e. The van der Waals surface area contributed by atoms with Crippen LogP contribution in [-0.2, 0) is 23.8 Å². The number of carbonyl (C=O) groups is 2. The van der Waals surface area contributed by atoms with Crippen LogP contribution in [0.3, 0.4) is 0 Å². The summed E-state index contributed by atoms with van der Waals surface area (Å²) in [5, 5.41) is 0. The molecule has 2 aromatic carbocycles. The van der Waals surface area contributed by atoms with Gasteiger partial charge in [-0.25, -0.2) is 0 Å². The molecule has 176 valence electrons. The smallest absolute Gasteiger partial charge is 0.313 e. The number of cyclic esters (lactones) is 1. The number of hydrogen-bond donors (Lipinski definition) is 0. The first-order chi connectivity index (χ1) is 16.6. The molecular weight excluding hydrogens is 430 g/mol. The second kappa shape index (κ2) is 8.36. The summed E-state index contributed by atoms with van der Waals surface area (Å²) in [4.78, 5) is 29.2. The average Bonchev–Trinajstić information content (AvgIpc) is 3.42. The van der Waals surface area contributed by atoms with Crippen molar-refractivity contribution in [3.63, 3.8) is 0 Å². The number of hydrogen-bond acceptors (Lipinski definition) is 5. The van der Waals surface area contributed by atoms with Crippen molar-refractivity contribution in [2.45, 2.75) is 38.1 Å². The second-order valence-electron chi connectivity index (χ2n) is 9.79. The van der Waals surface area contributed by atoms with Crippen molar-refractivity contribution in [2.75, 3.05) is 18.1 Å². The van der Waals surface area contributed by atoms with Gasteiger partial charge in [0.15, 0.2) is 5.79 Å². The van der Waals surface area contributed by atoms with Crippen molar-refractivity contribution in [1.29, 1.82) is 0 Å². The summed E-state index contributed by atoms with van der Waals surface area (Å²) < 4.78 is 17.7. The molecule has 2 aliphatic carbocycles. The first-order valence-corrected chi connectivity index (χ1v) is 12.2. The Hall–Kier alpha value is -2.96. The van der Waals surface area contributed by atoms with Crippen LogP contribution >= 0.6 is 0 Å². The molecule has 1 amide bonds. The van der Waals surface area contributed by atoms with Gasteiger partial charge in [-0.2, -0.15) is 0 Å². The molecule has 2 aromatic rings. The molecular formula is C28H29NO5. The van der Waals surface area contributed by atoms with E-state index in [1.54, 1.807) is 0 Å². The Bertz CT molecular complexity index is 1070. The van der Waals surface area contributed by atoms with E-state index < -0.39 is 11.7 Å². The van der Waals surface area contributed by atoms with Crippen LogP contribution in [0.4, 0.5) is 11.4 Å². The summed E-state index contributed by atoms with van der Waals surface area (Å²) >= 11 is 0. The molecule has 1 spiro atoms. The standard InChI is InChI=1S/C28H29NO5/c1-18-24-23(27(31)34-18)16-19-17-28(32-14-15-33-28)13-12-22(19)25(24)26(30)29(20-8-4-2-5-9-20)21-10-6-3-7-11-21/h2-11,16,18,22-25H,12-15,17H2,1H3/t18-,22+,23-,24+,25+/m1/s1. The summed E-state index contributed by atoms with van der Waals surface area (Å²) in [5.41, 5.74) is 2.73. The molecule has 0 N–H and O–H groups in total. The lowest BCUT2D eigenvalue weighted by Gasteiger charge is -2.46. The van der Waals surface area contributed by atoms with Crippen LogP contribution in [0.1, 0.15) is 26.2 Å². The highest BCUT2D eigenvalue weighted by molar-refractivity contribution is 6.03. The molecule has 6 nitrogen and oxygen atoms in total. The Morgan fingerprint density at radius 1 is 0.971 bits per heavy atom. The van der Waals surface area contributed by atoms with E-state index in [0.717, 1.165) is 29.8 Å². The van der Waals surface area contributed by atoms with Crippen molar-refractivity contribution >= 4 is 23.3 Å². The van der Waals surface area contributed by atoms with Gasteiger partial charge in [0, 0.05) is 30.1 Å². The van der Waals surface area contributed by atoms with Crippen molar-refractivity contribution in [1.82, 2.24) is 0 Å². The van der Waals surface area contributed by atoms with Gasteiger partial charge in [-0.1, -0.05) is 48.0 Å². The second-order valence-corrected chi connectivity index (χ2v) is 9.79. The van der Waals surface area contributed by atoms with Crippen molar-refractivity contribution < 1.29 is 23.8 Å². The van der Waals surface area contributed by atoms with Crippen LogP contribution in [0.2, 0.25) is 0 Å². The number of carbonyl (C=O) groups excluding carboxylic acids is 2. The average molecular weight is 460 g/mol. The van der Waals surface area contributed by atoms with Gasteiger partial charge in [-0.05, 0) is 43.5 Å². The number of fused-ring (bicyclic) bond motifs is 2. The number of rotatable bonds is 3. The van der Waals surface area contributed by atoms with Crippen LogP contribution in [0.15, 0.2) is 72.3 Å². The van der Waals surface area contributed by atoms with Gasteiger partial charge < -0.3 is 14.2 Å². The maximum absolute atomic E-state index is 14.5. The molecule has 3 fully saturated rings. The molecule has 6 rings (SSSR count). The van der Waals surface area contributed by atoms with Crippen LogP contribution in [-0.4, -0.2) is 37.0 Å². The first-order valence-electron chi connectivity index (χ1n) is 12.2. The fraction of sp³-hybridized carbons (Fsp3) is 0.429. The van der Waals surface area contributed by atoms with Gasteiger partial charge in [-0.15, -0.1) is 0 Å². The van der Waals surface area contributed by atoms with E-state index in [0.29, 0.717) is 19.6 Å². The third-order valence-electron chi connectivity index (χ3n) is 7.91. The highest BCUT2D eigenvalue weighted by Gasteiger charge is 2.57. The number of ether oxygens (including phenoxy) is 3. The third kappa shape index (κ3) is 3.48. The van der Waals surface area contributed by atoms with E-state index in [-0.39, 0.29) is 35.7 Å². The van der Waals surface area contributed by atoms with Gasteiger partial charge in [-0.3, -0.25) is 14.5 Å². The zero-order valence-corrected chi connectivity index (χ0v) is 19.3. The van der Waals surface area contributed by atoms with E-state index in [9.17, 15) is 9.59 Å². The lowest BCUT2D eigenvalue weighted by molar-refractivity contribution is -0.175. The van der Waals surface area contributed by atoms with E-state index in [1.807, 2.05) is 72.5 Å². The molecule has 2 saturated heterocycles. The lowest BCUT2D eigenvalue weighted by atomic mass is 9.61. The van der Waals surface area contributed by atoms with Crippen molar-refractivity contribution in [2.24, 2.45) is 23.7 Å². The summed E-state index contributed by atoms with van der Waals surface area (Å²) in [5.74, 6) is -1.79. The number of benzene rings is 2. The largest absolute Gasteiger partial charge is 0.462 e. The zero-order chi connectivity index (χ0) is 23.3. The van der Waals surface area contributed by atoms with E-state index >= 15 is 0 Å². The Kier molecular flexibility index (Phi) is 5.30. The van der Waals surface area contributed by atoms with E-state index in [4.69, 9.17) is 14.2 Å². The first kappa shape index (κ1) is 21.6. The summed E-state index contributed by atoms with van der Waals surface area (Å²) in [7, 11) is 0. The van der Waals surface area contributed by atoms with Gasteiger partial charge in [0.05, 0.1) is 25.0 Å². The fourth-order valence-electron chi connectivity index (χ4n) is 6.45. The molecule has 4 aliphatic rings. The van der Waals surface area contributed by atoms with Crippen LogP contribution in [0.5, 0.6) is 0 Å². The van der Waals surface area contributed by atoms with E-state index in [2.05, 4.69) is 6.08 Å². The van der Waals surface area contributed by atoms with E-state index in [1.165, 1.54) is 0 Å². The van der Waals surface area contributed by atoms with Crippen molar-refractivity contribution in [3.8, 4) is 0 Å². The highest BCUT2D eigenvalue weighted by atomic mass is 16.7. The molecule has 34 heavy (non-hydrogen) atoms. The number of nitrogens with zero attached hydrogens (tertiary/aromatic N) is 1. The topological polar surface area (TPSA) is 65.1 Å². The predicted molar refractivity (Wildman–Crippen MR) is 126 cm³/mol. The molecule has 5 atom stereocenters. The highest BCUT2D eigenvalue weighted by Crippen LogP contribution is 2.54. The van der Waals surface area contributed by atoms with Crippen LogP contribution in [0, 0.1) is 23.7 Å². The summed E-state index contributed by atoms with van der Waals surface area (Å²) in [6.07, 6.45) is 3.88. The molecule has 0 radical (unpaired) electrons. The summed E-state index contributed by atoms with van der Waals surface area (Å²) in [6, 6.07) is 19.5. The minimum Gasteiger partial charge on any atom is -0.462 e. The molecule has 2 heterocycles. The minimum absolute atomic E-state index is 0.0114. The Morgan fingerprint density at radius 3 is 2.21 bits per heavy atom. The third-order valence-corrected chi connectivity index (χ3v) is 7.91. The Labute approximate surface area is 199 Å². The number of amides is 1. The van der Waals surface area contributed by atoms with Crippen molar-refractivity contribution in [3.05, 3.63) is 72.3 Å². The monoisotopic (exact) mass is 459 g/mol. The minimum atomic E-state index is -0.616. The fourth-order valence-corrected chi connectivity index (χ4v) is 6.45. The quantitative estimate of drug-likeness (QED) is 0.495. The Morgan fingerprint density at radius 2 is 1.59 bits per heavy atom. The SMILES string of the molecule is C[C@H]1OC(=O)[C@@H]2C=C3CC4(CC[C@@H]3[C@H](C(=O)N(c3ccccc3)c3ccccc3)[C@@H]12)OCCO4. The summed E-state index contributed by atoms with van der Waals surface area (Å²) in [6.45, 7) is 3.09. The molecule has 1 saturated carbocycles. The molecule has 6 heteroatoms. The molecule has 2 aliphatic heterocycles. The number of anilines is 2. The maximum atomic E-state index is 14.5. The number of para-hydroxylation sites is 2. The molecule has 0 aromatic heterocycles. The normalized spacial score (nSPS) is 31.4. The lowest BCUT2D eigenvalue weighted by Crippen LogP contribution is -2.50. The Balaban J connectivity index is 1.43. The van der Waals surface area contributed by atoms with Gasteiger partial charge in [0.2, 0.25) is 5.91 Å². The number of esters is 1. The van der Waals surface area contributed by atoms with Gasteiger partial charge in [0.25, 0.3) is 0 Å². The van der Waals surface area contributed by atoms with Gasteiger partial charge in [0.1, 0.15) is 6.10 Å². The molecule has 0 unspecified atom stereocenters. The van der Waals surface area contributed by atoms with Crippen LogP contribution < -0.4 is 4.90 Å². The molecule has 0 bridgehead atoms. The van der Waals surface area contributed by atoms with Gasteiger partial charge >= 0.3 is 5.97 Å². The predicted octanol–water partition coefficient (Wildman–Crippen LogP) is 4.63.